The van der Waals surface area contributed by atoms with Crippen LogP contribution in [0, 0.1) is 23.2 Å². The van der Waals surface area contributed by atoms with Crippen molar-refractivity contribution >= 4 is 11.9 Å². The third-order valence-corrected chi connectivity index (χ3v) is 5.51. The minimum absolute atomic E-state index is 0.00763. The van der Waals surface area contributed by atoms with Gasteiger partial charge >= 0.3 is 5.97 Å². The number of amides is 1. The van der Waals surface area contributed by atoms with Gasteiger partial charge in [0.15, 0.2) is 0 Å². The average Bonchev–Trinajstić information content (AvgIpc) is 3.12. The van der Waals surface area contributed by atoms with E-state index in [0.717, 1.165) is 19.3 Å². The molecule has 4 atom stereocenters. The van der Waals surface area contributed by atoms with Gasteiger partial charge in [0.25, 0.3) is 0 Å². The van der Waals surface area contributed by atoms with E-state index < -0.39 is 12.0 Å². The summed E-state index contributed by atoms with van der Waals surface area (Å²) < 4.78 is 0. The average molecular weight is 324 g/mol. The quantitative estimate of drug-likeness (QED) is 0.753. The molecule has 5 heteroatoms. The van der Waals surface area contributed by atoms with Gasteiger partial charge in [0.2, 0.25) is 5.91 Å². The van der Waals surface area contributed by atoms with Crippen LogP contribution in [0.25, 0.3) is 0 Å². The van der Waals surface area contributed by atoms with E-state index in [1.54, 1.807) is 4.90 Å². The first-order valence-corrected chi connectivity index (χ1v) is 8.94. The molecule has 132 valence electrons. The highest BCUT2D eigenvalue weighted by atomic mass is 16.4. The summed E-state index contributed by atoms with van der Waals surface area (Å²) in [4.78, 5) is 25.6. The zero-order valence-electron chi connectivity index (χ0n) is 14.9. The minimum Gasteiger partial charge on any atom is -0.480 e. The predicted octanol–water partition coefficient (Wildman–Crippen LogP) is 2.49. The van der Waals surface area contributed by atoms with E-state index in [-0.39, 0.29) is 23.3 Å². The Hall–Kier alpha value is -1.10. The molecule has 2 fully saturated rings. The van der Waals surface area contributed by atoms with Crippen molar-refractivity contribution in [2.24, 2.45) is 28.9 Å². The number of carboxylic acids is 1. The first kappa shape index (κ1) is 18.2. The van der Waals surface area contributed by atoms with Crippen molar-refractivity contribution < 1.29 is 14.7 Å². The maximum atomic E-state index is 12.3. The Morgan fingerprint density at radius 2 is 1.91 bits per heavy atom. The number of carbonyl (C=O) groups is 2. The smallest absolute Gasteiger partial charge is 0.326 e. The Kier molecular flexibility index (Phi) is 5.39. The minimum atomic E-state index is -0.882. The van der Waals surface area contributed by atoms with Gasteiger partial charge in [-0.15, -0.1) is 0 Å². The summed E-state index contributed by atoms with van der Waals surface area (Å²) in [5, 5.41) is 9.56. The molecule has 1 saturated carbocycles. The maximum Gasteiger partial charge on any atom is 0.326 e. The van der Waals surface area contributed by atoms with Crippen LogP contribution in [-0.2, 0) is 9.59 Å². The molecule has 2 aliphatic rings. The summed E-state index contributed by atoms with van der Waals surface area (Å²) in [6.07, 6.45) is 3.88. The summed E-state index contributed by atoms with van der Waals surface area (Å²) >= 11 is 0. The fraction of sp³-hybridized carbons (Fsp3) is 0.889. The molecule has 0 aromatic heterocycles. The summed E-state index contributed by atoms with van der Waals surface area (Å²) in [5.41, 5.74) is 6.44. The molecule has 2 rings (SSSR count). The van der Waals surface area contributed by atoms with E-state index in [2.05, 4.69) is 13.8 Å². The van der Waals surface area contributed by atoms with Crippen molar-refractivity contribution in [2.45, 2.75) is 71.9 Å². The number of aliphatic carboxylic acids is 1. The highest BCUT2D eigenvalue weighted by Gasteiger charge is 2.59. The second-order valence-corrected chi connectivity index (χ2v) is 8.47. The highest BCUT2D eigenvalue weighted by Crippen LogP contribution is 2.60. The van der Waals surface area contributed by atoms with Gasteiger partial charge in [-0.3, -0.25) is 4.79 Å². The molecule has 1 aliphatic heterocycles. The fourth-order valence-electron chi connectivity index (χ4n) is 4.26. The molecule has 1 aliphatic carbocycles. The fourth-order valence-corrected chi connectivity index (χ4v) is 4.26. The molecule has 0 bridgehead atoms. The normalized spacial score (nSPS) is 30.1. The molecule has 0 radical (unpaired) electrons. The summed E-state index contributed by atoms with van der Waals surface area (Å²) in [6.45, 7) is 8.92. The Bertz CT molecular complexity index is 463. The lowest BCUT2D eigenvalue weighted by Crippen LogP contribution is -2.51. The van der Waals surface area contributed by atoms with Gasteiger partial charge in [0.05, 0.1) is 0 Å². The van der Waals surface area contributed by atoms with Crippen LogP contribution in [0.15, 0.2) is 0 Å². The number of hydrogen-bond donors (Lipinski definition) is 2. The summed E-state index contributed by atoms with van der Waals surface area (Å²) in [5.74, 6) is 0.366. The number of carboxylic acid groups (broad SMARTS) is 1. The lowest BCUT2D eigenvalue weighted by atomic mass is 9.86. The monoisotopic (exact) mass is 324 g/mol. The van der Waals surface area contributed by atoms with E-state index in [1.807, 2.05) is 13.8 Å². The van der Waals surface area contributed by atoms with Crippen LogP contribution < -0.4 is 5.73 Å². The van der Waals surface area contributed by atoms with Gasteiger partial charge in [-0.05, 0) is 48.9 Å². The second-order valence-electron chi connectivity index (χ2n) is 8.47. The van der Waals surface area contributed by atoms with Gasteiger partial charge in [0.1, 0.15) is 6.04 Å². The molecule has 23 heavy (non-hydrogen) atoms. The predicted molar refractivity (Wildman–Crippen MR) is 89.8 cm³/mol. The largest absolute Gasteiger partial charge is 0.480 e. The van der Waals surface area contributed by atoms with E-state index in [9.17, 15) is 14.7 Å². The third-order valence-electron chi connectivity index (χ3n) is 5.51. The topological polar surface area (TPSA) is 83.6 Å². The van der Waals surface area contributed by atoms with Crippen LogP contribution in [-0.4, -0.2) is 40.5 Å². The molecule has 0 aromatic carbocycles. The third kappa shape index (κ3) is 4.06. The van der Waals surface area contributed by atoms with Gasteiger partial charge in [-0.2, -0.15) is 0 Å². The Labute approximate surface area is 139 Å². The van der Waals surface area contributed by atoms with Gasteiger partial charge in [-0.25, -0.2) is 4.79 Å². The van der Waals surface area contributed by atoms with Crippen molar-refractivity contribution in [1.82, 2.24) is 4.90 Å². The maximum absolute atomic E-state index is 12.3. The van der Waals surface area contributed by atoms with Crippen LogP contribution in [0.1, 0.15) is 59.8 Å². The van der Waals surface area contributed by atoms with Crippen molar-refractivity contribution in [1.29, 1.82) is 0 Å². The zero-order valence-corrected chi connectivity index (χ0v) is 14.9. The Morgan fingerprint density at radius 3 is 2.43 bits per heavy atom. The number of likely N-dealkylation sites (tertiary alicyclic amines) is 1. The van der Waals surface area contributed by atoms with Crippen LogP contribution >= 0.6 is 0 Å². The lowest BCUT2D eigenvalue weighted by Gasteiger charge is -2.38. The van der Waals surface area contributed by atoms with Crippen LogP contribution in [0.5, 0.6) is 0 Å². The van der Waals surface area contributed by atoms with Crippen LogP contribution in [0.2, 0.25) is 0 Å². The van der Waals surface area contributed by atoms with Gasteiger partial charge < -0.3 is 15.7 Å². The van der Waals surface area contributed by atoms with E-state index >= 15 is 0 Å². The standard InChI is InChI=1S/C18H32N2O3/c1-11(2)7-14(19)13-9-18(13)6-5-16(21)20(10-18)15(17(22)23)8-12(3)4/h11-15H,5-10,19H2,1-4H3,(H,22,23)/t13?,14-,15-,18+/m0/s1. The van der Waals surface area contributed by atoms with Crippen LogP contribution in [0.3, 0.4) is 0 Å². The number of rotatable bonds is 7. The van der Waals surface area contributed by atoms with Crippen molar-refractivity contribution in [3.05, 3.63) is 0 Å². The molecule has 1 spiro atoms. The molecule has 0 aromatic rings. The zero-order chi connectivity index (χ0) is 17.4. The lowest BCUT2D eigenvalue weighted by molar-refractivity contribution is -0.154. The van der Waals surface area contributed by atoms with Gasteiger partial charge in [0, 0.05) is 19.0 Å². The summed E-state index contributed by atoms with van der Waals surface area (Å²) in [6, 6.07) is -0.527. The molecular weight excluding hydrogens is 292 g/mol. The van der Waals surface area contributed by atoms with Crippen LogP contribution in [0.4, 0.5) is 0 Å². The van der Waals surface area contributed by atoms with E-state index in [0.29, 0.717) is 31.2 Å². The molecule has 1 amide bonds. The molecule has 3 N–H and O–H groups in total. The SMILES string of the molecule is CC(C)C[C@H](N)C1C[C@@]12CCC(=O)N([C@@H](CC(C)C)C(=O)O)C2. The van der Waals surface area contributed by atoms with E-state index in [4.69, 9.17) is 5.73 Å². The Morgan fingerprint density at radius 1 is 1.30 bits per heavy atom. The summed E-state index contributed by atoms with van der Waals surface area (Å²) in [7, 11) is 0. The number of piperidine rings is 1. The van der Waals surface area contributed by atoms with Crippen molar-refractivity contribution in [3.63, 3.8) is 0 Å². The first-order chi connectivity index (χ1) is 10.7. The van der Waals surface area contributed by atoms with Crippen molar-refractivity contribution in [2.75, 3.05) is 6.54 Å². The molecule has 1 saturated heterocycles. The van der Waals surface area contributed by atoms with Gasteiger partial charge in [-0.1, -0.05) is 27.7 Å². The number of hydrogen-bond acceptors (Lipinski definition) is 3. The number of nitrogens with zero attached hydrogens (tertiary/aromatic N) is 1. The number of nitrogens with two attached hydrogens (primary N) is 1. The molecule has 1 unspecified atom stereocenters. The Balaban J connectivity index is 2.08. The molecule has 1 heterocycles. The highest BCUT2D eigenvalue weighted by molar-refractivity contribution is 5.84. The molecule has 5 nitrogen and oxygen atoms in total. The first-order valence-electron chi connectivity index (χ1n) is 8.94. The number of carbonyl (C=O) groups excluding carboxylic acids is 1. The second kappa shape index (κ2) is 6.80. The molecular formula is C18H32N2O3. The van der Waals surface area contributed by atoms with Crippen molar-refractivity contribution in [3.8, 4) is 0 Å². The van der Waals surface area contributed by atoms with E-state index in [1.165, 1.54) is 0 Å².